The molecule has 0 radical (unpaired) electrons. The molecule has 0 aliphatic heterocycles. The number of ether oxygens (including phenoxy) is 1. The molecule has 31 heavy (non-hydrogen) atoms. The van der Waals surface area contributed by atoms with E-state index in [9.17, 15) is 18.4 Å². The minimum atomic E-state index is -2.50. The molecule has 0 unspecified atom stereocenters. The number of anilines is 2. The summed E-state index contributed by atoms with van der Waals surface area (Å²) in [6, 6.07) is 11.6. The minimum Gasteiger partial charge on any atom is -0.484 e. The highest BCUT2D eigenvalue weighted by Crippen LogP contribution is 2.32. The summed E-state index contributed by atoms with van der Waals surface area (Å²) >= 11 is 1.66. The van der Waals surface area contributed by atoms with Crippen LogP contribution in [0.15, 0.2) is 47.4 Å². The lowest BCUT2D eigenvalue weighted by molar-refractivity contribution is -0.123. The van der Waals surface area contributed by atoms with Crippen LogP contribution < -0.4 is 15.4 Å². The molecule has 0 aliphatic carbocycles. The molecule has 0 aliphatic rings. The average molecular weight is 466 g/mol. The van der Waals surface area contributed by atoms with Crippen molar-refractivity contribution in [2.45, 2.75) is 31.4 Å². The summed E-state index contributed by atoms with van der Waals surface area (Å²) in [7, 11) is 0. The Morgan fingerprint density at radius 1 is 1.16 bits per heavy atom. The molecule has 164 valence electrons. The minimum absolute atomic E-state index is 0.131. The van der Waals surface area contributed by atoms with Gasteiger partial charge in [0, 0.05) is 22.1 Å². The molecular weight excluding hydrogens is 444 g/mol. The molecule has 1 heterocycles. The van der Waals surface area contributed by atoms with E-state index in [0.717, 1.165) is 0 Å². The fraction of sp³-hybridized carbons (Fsp3) is 0.286. The highest BCUT2D eigenvalue weighted by molar-refractivity contribution is 7.99. The molecule has 0 saturated heterocycles. The predicted octanol–water partition coefficient (Wildman–Crippen LogP) is 5.61. The zero-order valence-electron chi connectivity index (χ0n) is 17.1. The van der Waals surface area contributed by atoms with Gasteiger partial charge in [0.2, 0.25) is 5.91 Å². The lowest BCUT2D eigenvalue weighted by atomic mass is 9.95. The number of benzene rings is 2. The lowest BCUT2D eigenvalue weighted by Crippen LogP contribution is -2.27. The summed E-state index contributed by atoms with van der Waals surface area (Å²) in [5, 5.41) is 5.81. The Bertz CT molecular complexity index is 1100. The number of halogens is 2. The molecule has 0 saturated carbocycles. The summed E-state index contributed by atoms with van der Waals surface area (Å²) in [5.74, 6) is -2.61. The molecule has 2 N–H and O–H groups in total. The zero-order valence-corrected chi connectivity index (χ0v) is 18.7. The summed E-state index contributed by atoms with van der Waals surface area (Å²) in [6.45, 7) is 5.19. The summed E-state index contributed by atoms with van der Waals surface area (Å²) in [4.78, 5) is 29.0. The van der Waals surface area contributed by atoms with E-state index in [2.05, 4.69) is 15.6 Å². The Morgan fingerprint density at radius 2 is 1.94 bits per heavy atom. The molecule has 3 rings (SSSR count). The summed E-state index contributed by atoms with van der Waals surface area (Å²) < 4.78 is 31.3. The largest absolute Gasteiger partial charge is 0.484 e. The maximum Gasteiger partial charge on any atom is 0.288 e. The Morgan fingerprint density at radius 3 is 2.65 bits per heavy atom. The zero-order chi connectivity index (χ0) is 22.6. The van der Waals surface area contributed by atoms with Gasteiger partial charge < -0.3 is 10.1 Å². The third-order valence-corrected chi connectivity index (χ3v) is 5.61. The van der Waals surface area contributed by atoms with Gasteiger partial charge in [-0.25, -0.2) is 4.98 Å². The SMILES string of the molecule is CC(C)(C)C(=O)Nc1cccc(OCC(=O)Nc2nc3ccc(SC(F)F)cc3s2)c1. The average Bonchev–Trinajstić information content (AvgIpc) is 3.07. The maximum atomic E-state index is 12.5. The van der Waals surface area contributed by atoms with Crippen molar-refractivity contribution in [3.05, 3.63) is 42.5 Å². The normalized spacial score (nSPS) is 11.5. The molecule has 2 aromatic carbocycles. The molecule has 6 nitrogen and oxygen atoms in total. The van der Waals surface area contributed by atoms with Crippen LogP contribution in [0.25, 0.3) is 10.2 Å². The Hall–Kier alpha value is -2.72. The van der Waals surface area contributed by atoms with Crippen LogP contribution in [0.2, 0.25) is 0 Å². The van der Waals surface area contributed by atoms with E-state index in [1.54, 1.807) is 42.5 Å². The first-order valence-corrected chi connectivity index (χ1v) is 11.0. The van der Waals surface area contributed by atoms with Gasteiger partial charge in [-0.3, -0.25) is 14.9 Å². The van der Waals surface area contributed by atoms with E-state index in [4.69, 9.17) is 4.74 Å². The Kier molecular flexibility index (Phi) is 7.11. The number of nitrogens with zero attached hydrogens (tertiary/aromatic N) is 1. The number of thiazole rings is 1. The highest BCUT2D eigenvalue weighted by Gasteiger charge is 2.21. The number of carbonyl (C=O) groups is 2. The molecule has 0 spiro atoms. The molecule has 2 amide bonds. The third kappa shape index (κ3) is 6.63. The van der Waals surface area contributed by atoms with Gasteiger partial charge in [-0.05, 0) is 30.3 Å². The van der Waals surface area contributed by atoms with Gasteiger partial charge in [-0.1, -0.05) is 49.9 Å². The standard InChI is InChI=1S/C21H21F2N3O3S2/c1-21(2,3)18(28)24-12-5-4-6-13(9-12)29-11-17(27)26-20-25-15-8-7-14(30-19(22)23)10-16(15)31-20/h4-10,19H,11H2,1-3H3,(H,24,28)(H,25,26,27). The fourth-order valence-electron chi connectivity index (χ4n) is 2.42. The molecule has 0 atom stereocenters. The third-order valence-electron chi connectivity index (χ3n) is 3.97. The predicted molar refractivity (Wildman–Crippen MR) is 120 cm³/mol. The van der Waals surface area contributed by atoms with Crippen LogP contribution in [-0.2, 0) is 9.59 Å². The number of amides is 2. The van der Waals surface area contributed by atoms with Gasteiger partial charge in [-0.15, -0.1) is 0 Å². The second-order valence-corrected chi connectivity index (χ2v) is 9.69. The van der Waals surface area contributed by atoms with Gasteiger partial charge in [0.15, 0.2) is 11.7 Å². The Balaban J connectivity index is 1.58. The van der Waals surface area contributed by atoms with E-state index < -0.39 is 17.1 Å². The molecule has 10 heteroatoms. The number of fused-ring (bicyclic) bond motifs is 1. The molecule has 0 fully saturated rings. The first kappa shape index (κ1) is 23.0. The number of nitrogens with one attached hydrogen (secondary N) is 2. The van der Waals surface area contributed by atoms with Crippen molar-refractivity contribution in [2.75, 3.05) is 17.2 Å². The summed E-state index contributed by atoms with van der Waals surface area (Å²) in [6.07, 6.45) is 0. The van der Waals surface area contributed by atoms with Crippen molar-refractivity contribution < 1.29 is 23.1 Å². The topological polar surface area (TPSA) is 80.3 Å². The fourth-order valence-corrected chi connectivity index (χ4v) is 3.96. The van der Waals surface area contributed by atoms with Crippen molar-refractivity contribution >= 4 is 55.9 Å². The van der Waals surface area contributed by atoms with Crippen LogP contribution >= 0.6 is 23.1 Å². The van der Waals surface area contributed by atoms with Gasteiger partial charge in [-0.2, -0.15) is 8.78 Å². The monoisotopic (exact) mass is 465 g/mol. The van der Waals surface area contributed by atoms with E-state index in [1.807, 2.05) is 20.8 Å². The van der Waals surface area contributed by atoms with E-state index >= 15 is 0 Å². The highest BCUT2D eigenvalue weighted by atomic mass is 32.2. The van der Waals surface area contributed by atoms with Crippen molar-refractivity contribution in [1.82, 2.24) is 4.98 Å². The maximum absolute atomic E-state index is 12.5. The van der Waals surface area contributed by atoms with Crippen molar-refractivity contribution in [3.8, 4) is 5.75 Å². The van der Waals surface area contributed by atoms with Crippen LogP contribution in [-0.4, -0.2) is 29.2 Å². The van der Waals surface area contributed by atoms with Gasteiger partial charge in [0.05, 0.1) is 10.2 Å². The number of hydrogen-bond donors (Lipinski definition) is 2. The first-order valence-electron chi connectivity index (χ1n) is 9.30. The smallest absolute Gasteiger partial charge is 0.288 e. The molecule has 0 bridgehead atoms. The first-order chi connectivity index (χ1) is 14.6. The number of carbonyl (C=O) groups excluding carboxylic acids is 2. The van der Waals surface area contributed by atoms with Crippen molar-refractivity contribution in [3.63, 3.8) is 0 Å². The van der Waals surface area contributed by atoms with Gasteiger partial charge in [0.25, 0.3) is 11.7 Å². The van der Waals surface area contributed by atoms with Crippen LogP contribution in [0.4, 0.5) is 19.6 Å². The van der Waals surface area contributed by atoms with E-state index in [1.165, 1.54) is 11.3 Å². The van der Waals surface area contributed by atoms with Crippen LogP contribution in [0.1, 0.15) is 20.8 Å². The van der Waals surface area contributed by atoms with Crippen LogP contribution in [0, 0.1) is 5.41 Å². The molecular formula is C21H21F2N3O3S2. The summed E-state index contributed by atoms with van der Waals surface area (Å²) in [5.41, 5.74) is 0.649. The van der Waals surface area contributed by atoms with Crippen molar-refractivity contribution in [2.24, 2.45) is 5.41 Å². The van der Waals surface area contributed by atoms with Gasteiger partial charge >= 0.3 is 0 Å². The number of alkyl halides is 2. The van der Waals surface area contributed by atoms with Crippen LogP contribution in [0.5, 0.6) is 5.75 Å². The van der Waals surface area contributed by atoms with E-state index in [0.29, 0.717) is 43.4 Å². The van der Waals surface area contributed by atoms with Gasteiger partial charge in [0.1, 0.15) is 5.75 Å². The number of aromatic nitrogens is 1. The quantitative estimate of drug-likeness (QED) is 0.443. The van der Waals surface area contributed by atoms with E-state index in [-0.39, 0.29) is 12.5 Å². The van der Waals surface area contributed by atoms with Crippen LogP contribution in [0.3, 0.4) is 0 Å². The number of thioether (sulfide) groups is 1. The second-order valence-electron chi connectivity index (χ2n) is 7.60. The lowest BCUT2D eigenvalue weighted by Gasteiger charge is -2.18. The molecule has 1 aromatic heterocycles. The Labute approximate surface area is 186 Å². The molecule has 3 aromatic rings. The second kappa shape index (κ2) is 9.61. The number of hydrogen-bond acceptors (Lipinski definition) is 6. The number of rotatable bonds is 7. The van der Waals surface area contributed by atoms with Crippen molar-refractivity contribution in [1.29, 1.82) is 0 Å².